The number of hydrogen-bond donors (Lipinski definition) is 2. The predicted molar refractivity (Wildman–Crippen MR) is 104 cm³/mol. The van der Waals surface area contributed by atoms with Crippen LogP contribution in [0.3, 0.4) is 0 Å². The molecule has 2 amide bonds. The van der Waals surface area contributed by atoms with E-state index >= 15 is 0 Å². The fraction of sp³-hybridized carbons (Fsp3) is 0.667. The molecule has 27 heavy (non-hydrogen) atoms. The molecule has 6 heteroatoms. The van der Waals surface area contributed by atoms with Crippen molar-refractivity contribution in [2.75, 3.05) is 19.8 Å². The maximum atomic E-state index is 12.4. The second kappa shape index (κ2) is 7.08. The molecule has 0 radical (unpaired) electrons. The van der Waals surface area contributed by atoms with Gasteiger partial charge in [-0.15, -0.1) is 0 Å². The van der Waals surface area contributed by atoms with Crippen LogP contribution in [0.2, 0.25) is 5.02 Å². The van der Waals surface area contributed by atoms with Crippen molar-refractivity contribution < 1.29 is 14.3 Å². The maximum absolute atomic E-state index is 12.4. The Bertz CT molecular complexity index is 710. The average molecular weight is 391 g/mol. The van der Waals surface area contributed by atoms with Gasteiger partial charge in [-0.05, 0) is 79.9 Å². The molecular formula is C21H27ClN2O3. The van der Waals surface area contributed by atoms with Crippen molar-refractivity contribution in [1.82, 2.24) is 10.6 Å². The quantitative estimate of drug-likeness (QED) is 0.822. The molecule has 4 saturated carbocycles. The number of nitrogens with one attached hydrogen (secondary N) is 2. The van der Waals surface area contributed by atoms with Gasteiger partial charge in [0.1, 0.15) is 13.2 Å². The van der Waals surface area contributed by atoms with Crippen molar-refractivity contribution in [3.05, 3.63) is 22.7 Å². The summed E-state index contributed by atoms with van der Waals surface area (Å²) in [5.41, 5.74) is 1.04. The van der Waals surface area contributed by atoms with Gasteiger partial charge < -0.3 is 20.1 Å². The molecule has 5 nitrogen and oxygen atoms in total. The molecule has 6 rings (SSSR count). The molecule has 0 unspecified atom stereocenters. The molecule has 0 spiro atoms. The van der Waals surface area contributed by atoms with Gasteiger partial charge in [0.15, 0.2) is 11.5 Å². The zero-order chi connectivity index (χ0) is 18.4. The van der Waals surface area contributed by atoms with Crippen LogP contribution in [0.4, 0.5) is 4.79 Å². The van der Waals surface area contributed by atoms with Gasteiger partial charge in [0, 0.05) is 12.6 Å². The van der Waals surface area contributed by atoms with Crippen LogP contribution in [0.5, 0.6) is 11.5 Å². The molecular weight excluding hydrogens is 364 g/mol. The minimum atomic E-state index is -0.0314. The fourth-order valence-electron chi connectivity index (χ4n) is 5.99. The summed E-state index contributed by atoms with van der Waals surface area (Å²) in [4.78, 5) is 12.4. The molecule has 1 aromatic rings. The van der Waals surface area contributed by atoms with Crippen molar-refractivity contribution in [3.8, 4) is 11.5 Å². The van der Waals surface area contributed by atoms with Gasteiger partial charge in [0.05, 0.1) is 5.02 Å². The molecule has 0 saturated heterocycles. The number of urea groups is 1. The van der Waals surface area contributed by atoms with Crippen LogP contribution < -0.4 is 20.1 Å². The molecule has 5 aliphatic rings. The van der Waals surface area contributed by atoms with E-state index < -0.39 is 0 Å². The van der Waals surface area contributed by atoms with Crippen LogP contribution in [0.1, 0.15) is 37.7 Å². The predicted octanol–water partition coefficient (Wildman–Crippen LogP) is 3.78. The van der Waals surface area contributed by atoms with E-state index in [2.05, 4.69) is 10.6 Å². The van der Waals surface area contributed by atoms with Crippen molar-refractivity contribution in [1.29, 1.82) is 0 Å². The summed E-state index contributed by atoms with van der Waals surface area (Å²) in [5, 5.41) is 6.88. The fourth-order valence-corrected chi connectivity index (χ4v) is 6.28. The number of carbonyl (C=O) groups excluding carboxylic acids is 1. The van der Waals surface area contributed by atoms with Crippen LogP contribution in [0, 0.1) is 23.7 Å². The van der Waals surface area contributed by atoms with E-state index in [0.717, 1.165) is 17.4 Å². The van der Waals surface area contributed by atoms with Gasteiger partial charge in [-0.2, -0.15) is 0 Å². The Kier molecular flexibility index (Phi) is 4.58. The Balaban J connectivity index is 1.13. The Morgan fingerprint density at radius 2 is 1.74 bits per heavy atom. The summed E-state index contributed by atoms with van der Waals surface area (Å²) >= 11 is 6.28. The van der Waals surface area contributed by atoms with Gasteiger partial charge >= 0.3 is 6.03 Å². The first-order valence-electron chi connectivity index (χ1n) is 10.3. The third kappa shape index (κ3) is 3.46. The van der Waals surface area contributed by atoms with Gasteiger partial charge in [-0.25, -0.2) is 4.79 Å². The molecule has 4 aliphatic carbocycles. The molecule has 1 aliphatic heterocycles. The number of halogens is 1. The minimum Gasteiger partial charge on any atom is -0.486 e. The molecule has 1 heterocycles. The highest BCUT2D eigenvalue weighted by Gasteiger charge is 2.48. The lowest BCUT2D eigenvalue weighted by Gasteiger charge is -2.54. The first-order valence-corrected chi connectivity index (χ1v) is 10.7. The van der Waals surface area contributed by atoms with Crippen molar-refractivity contribution >= 4 is 17.6 Å². The smallest absolute Gasteiger partial charge is 0.315 e. The van der Waals surface area contributed by atoms with Crippen LogP contribution in [0.15, 0.2) is 12.1 Å². The van der Waals surface area contributed by atoms with Crippen molar-refractivity contribution in [2.45, 2.75) is 44.6 Å². The molecule has 1 aromatic carbocycles. The molecule has 0 atom stereocenters. The van der Waals surface area contributed by atoms with Crippen molar-refractivity contribution in [2.24, 2.45) is 23.7 Å². The van der Waals surface area contributed by atoms with E-state index in [1.54, 1.807) is 0 Å². The minimum absolute atomic E-state index is 0.0314. The topological polar surface area (TPSA) is 59.6 Å². The number of ether oxygens (including phenoxy) is 2. The monoisotopic (exact) mass is 390 g/mol. The van der Waals surface area contributed by atoms with Gasteiger partial charge in [-0.3, -0.25) is 0 Å². The molecule has 4 bridgehead atoms. The largest absolute Gasteiger partial charge is 0.486 e. The van der Waals surface area contributed by atoms with Crippen LogP contribution in [-0.4, -0.2) is 31.8 Å². The first kappa shape index (κ1) is 17.5. The van der Waals surface area contributed by atoms with Gasteiger partial charge in [0.2, 0.25) is 0 Å². The summed E-state index contributed by atoms with van der Waals surface area (Å²) in [6, 6.07) is 4.20. The highest BCUT2D eigenvalue weighted by atomic mass is 35.5. The Morgan fingerprint density at radius 3 is 2.48 bits per heavy atom. The summed E-state index contributed by atoms with van der Waals surface area (Å²) in [5.74, 6) is 4.57. The zero-order valence-corrected chi connectivity index (χ0v) is 16.3. The van der Waals surface area contributed by atoms with E-state index in [-0.39, 0.29) is 6.03 Å². The number of hydrogen-bond acceptors (Lipinski definition) is 3. The Hall–Kier alpha value is -1.62. The summed E-state index contributed by atoms with van der Waals surface area (Å²) in [7, 11) is 0. The Labute approximate surface area is 165 Å². The maximum Gasteiger partial charge on any atom is 0.315 e. The van der Waals surface area contributed by atoms with Crippen LogP contribution in [0.25, 0.3) is 0 Å². The number of amides is 2. The third-order valence-corrected chi connectivity index (χ3v) is 7.16. The second-order valence-electron chi connectivity index (χ2n) is 8.71. The summed E-state index contributed by atoms with van der Waals surface area (Å²) < 4.78 is 11.2. The van der Waals surface area contributed by atoms with E-state index in [1.807, 2.05) is 12.1 Å². The van der Waals surface area contributed by atoms with Gasteiger partial charge in [0.25, 0.3) is 0 Å². The van der Waals surface area contributed by atoms with E-state index in [0.29, 0.717) is 60.6 Å². The van der Waals surface area contributed by atoms with Crippen LogP contribution >= 0.6 is 11.6 Å². The van der Waals surface area contributed by atoms with E-state index in [4.69, 9.17) is 21.1 Å². The summed E-state index contributed by atoms with van der Waals surface area (Å²) in [6.07, 6.45) is 7.40. The molecule has 146 valence electrons. The highest BCUT2D eigenvalue weighted by Crippen LogP contribution is 2.53. The SMILES string of the molecule is O=C(NCCc1cc(Cl)c2c(c1)OCCO2)NC1C2CC3CC(C2)CC1C3. The average Bonchev–Trinajstić information content (AvgIpc) is 2.64. The first-order chi connectivity index (χ1) is 13.2. The zero-order valence-electron chi connectivity index (χ0n) is 15.5. The third-order valence-electron chi connectivity index (χ3n) is 6.88. The Morgan fingerprint density at radius 1 is 1.04 bits per heavy atom. The second-order valence-corrected chi connectivity index (χ2v) is 9.12. The van der Waals surface area contributed by atoms with Gasteiger partial charge in [-0.1, -0.05) is 11.6 Å². The summed E-state index contributed by atoms with van der Waals surface area (Å²) in [6.45, 7) is 1.65. The number of carbonyl (C=O) groups is 1. The number of benzene rings is 1. The lowest BCUT2D eigenvalue weighted by atomic mass is 9.54. The molecule has 4 fully saturated rings. The lowest BCUT2D eigenvalue weighted by Crippen LogP contribution is -2.57. The van der Waals surface area contributed by atoms with Crippen LogP contribution in [-0.2, 0) is 6.42 Å². The highest BCUT2D eigenvalue weighted by molar-refractivity contribution is 6.32. The standard InChI is InChI=1S/C21H27ClN2O3/c22-17-10-12(11-18-20(17)27-4-3-26-18)1-2-23-21(25)24-19-15-6-13-5-14(8-15)9-16(19)7-13/h10-11,13-16,19H,1-9H2,(H2,23,24,25). The van der Waals surface area contributed by atoms with E-state index in [1.165, 1.54) is 32.1 Å². The normalized spacial score (nSPS) is 33.0. The number of rotatable bonds is 4. The molecule has 2 N–H and O–H groups in total. The van der Waals surface area contributed by atoms with Crippen molar-refractivity contribution in [3.63, 3.8) is 0 Å². The molecule has 0 aromatic heterocycles. The lowest BCUT2D eigenvalue weighted by molar-refractivity contribution is -0.00940. The van der Waals surface area contributed by atoms with E-state index in [9.17, 15) is 4.79 Å². The number of fused-ring (bicyclic) bond motifs is 1.